The molecule has 6 heteroatoms. The number of hydrogen-bond donors (Lipinski definition) is 0. The Morgan fingerprint density at radius 1 is 0.848 bits per heavy atom. The fraction of sp³-hybridized carbons (Fsp3) is 0.556. The number of methoxy groups -OCH3 is 4. The van der Waals surface area contributed by atoms with Gasteiger partial charge in [0.05, 0.1) is 28.4 Å². The quantitative estimate of drug-likeness (QED) is 0.538. The molecule has 0 amide bonds. The first-order valence-corrected chi connectivity index (χ1v) is 12.0. The minimum absolute atomic E-state index is 0.581. The van der Waals surface area contributed by atoms with Crippen LogP contribution in [0.25, 0.3) is 0 Å². The number of benzene rings is 2. The van der Waals surface area contributed by atoms with E-state index in [1.54, 1.807) is 28.4 Å². The van der Waals surface area contributed by atoms with E-state index in [-0.39, 0.29) is 0 Å². The van der Waals surface area contributed by atoms with Gasteiger partial charge in [-0.15, -0.1) is 0 Å². The molecule has 2 aromatic rings. The highest BCUT2D eigenvalue weighted by atomic mass is 16.5. The third-order valence-corrected chi connectivity index (χ3v) is 7.12. The number of aryl methyl sites for hydroxylation is 1. The molecule has 1 heterocycles. The molecule has 0 fully saturated rings. The maximum absolute atomic E-state index is 5.53. The molecule has 2 aliphatic rings. The van der Waals surface area contributed by atoms with E-state index in [2.05, 4.69) is 41.1 Å². The Labute approximate surface area is 198 Å². The lowest BCUT2D eigenvalue weighted by Gasteiger charge is -2.34. The second-order valence-corrected chi connectivity index (χ2v) is 9.28. The van der Waals surface area contributed by atoms with E-state index in [0.717, 1.165) is 68.6 Å². The van der Waals surface area contributed by atoms with Gasteiger partial charge in [0.15, 0.2) is 23.0 Å². The molecule has 0 aromatic heterocycles. The normalized spacial score (nSPS) is 17.6. The third-order valence-electron chi connectivity index (χ3n) is 7.12. The van der Waals surface area contributed by atoms with E-state index < -0.39 is 0 Å². The highest BCUT2D eigenvalue weighted by molar-refractivity contribution is 5.53. The lowest BCUT2D eigenvalue weighted by atomic mass is 9.77. The Balaban J connectivity index is 1.28. The minimum atomic E-state index is 0.581. The van der Waals surface area contributed by atoms with Gasteiger partial charge in [0, 0.05) is 19.0 Å². The Bertz CT molecular complexity index is 962. The molecule has 2 aromatic carbocycles. The van der Waals surface area contributed by atoms with E-state index in [0.29, 0.717) is 5.92 Å². The molecule has 0 radical (unpaired) electrons. The van der Waals surface area contributed by atoms with Crippen molar-refractivity contribution in [1.29, 1.82) is 0 Å². The van der Waals surface area contributed by atoms with Crippen molar-refractivity contribution in [2.24, 2.45) is 0 Å². The first-order chi connectivity index (χ1) is 16.1. The zero-order valence-electron chi connectivity index (χ0n) is 20.8. The average Bonchev–Trinajstić information content (AvgIpc) is 3.02. The van der Waals surface area contributed by atoms with Crippen LogP contribution in [-0.4, -0.2) is 71.5 Å². The number of likely N-dealkylation sites (N-methyl/N-ethyl adjacent to an activating group) is 1. The van der Waals surface area contributed by atoms with Crippen molar-refractivity contribution in [3.63, 3.8) is 0 Å². The molecule has 0 spiro atoms. The zero-order chi connectivity index (χ0) is 23.4. The summed E-state index contributed by atoms with van der Waals surface area (Å²) in [6.07, 6.45) is 4.57. The van der Waals surface area contributed by atoms with Gasteiger partial charge in [-0.05, 0) is 98.9 Å². The molecule has 4 rings (SSSR count). The largest absolute Gasteiger partial charge is 0.493 e. The molecular weight excluding hydrogens is 416 g/mol. The van der Waals surface area contributed by atoms with Gasteiger partial charge in [-0.3, -0.25) is 4.90 Å². The zero-order valence-corrected chi connectivity index (χ0v) is 20.8. The van der Waals surface area contributed by atoms with E-state index in [9.17, 15) is 0 Å². The van der Waals surface area contributed by atoms with Crippen LogP contribution in [0, 0.1) is 0 Å². The van der Waals surface area contributed by atoms with E-state index in [1.165, 1.54) is 35.1 Å². The van der Waals surface area contributed by atoms with Crippen LogP contribution < -0.4 is 18.9 Å². The van der Waals surface area contributed by atoms with Gasteiger partial charge >= 0.3 is 0 Å². The molecule has 0 unspecified atom stereocenters. The Morgan fingerprint density at radius 2 is 1.45 bits per heavy atom. The first kappa shape index (κ1) is 23.7. The summed E-state index contributed by atoms with van der Waals surface area (Å²) < 4.78 is 22.0. The van der Waals surface area contributed by atoms with Crippen LogP contribution in [0.5, 0.6) is 23.0 Å². The molecule has 6 nitrogen and oxygen atoms in total. The number of rotatable bonds is 10. The van der Waals surface area contributed by atoms with Crippen molar-refractivity contribution in [2.45, 2.75) is 38.1 Å². The lowest BCUT2D eigenvalue weighted by molar-refractivity contribution is 0.233. The van der Waals surface area contributed by atoms with Gasteiger partial charge < -0.3 is 23.8 Å². The van der Waals surface area contributed by atoms with E-state index >= 15 is 0 Å². The fourth-order valence-electron chi connectivity index (χ4n) is 5.28. The Morgan fingerprint density at radius 3 is 2.12 bits per heavy atom. The van der Waals surface area contributed by atoms with E-state index in [4.69, 9.17) is 18.9 Å². The van der Waals surface area contributed by atoms with Gasteiger partial charge in [-0.1, -0.05) is 0 Å². The van der Waals surface area contributed by atoms with Gasteiger partial charge in [-0.25, -0.2) is 0 Å². The predicted octanol–water partition coefficient (Wildman–Crippen LogP) is 4.13. The van der Waals surface area contributed by atoms with Crippen LogP contribution in [0.2, 0.25) is 0 Å². The molecule has 180 valence electrons. The van der Waals surface area contributed by atoms with Crippen LogP contribution >= 0.6 is 0 Å². The summed E-state index contributed by atoms with van der Waals surface area (Å²) in [5.41, 5.74) is 5.56. The summed E-state index contributed by atoms with van der Waals surface area (Å²) in [4.78, 5) is 5.06. The smallest absolute Gasteiger partial charge is 0.161 e. The SMILES string of the molecule is COc1cc2c(cc1OC)CN(CCCN(C)C[C@@H]1Cc3cc(OC)c(OC)cc31)CCC2. The fourth-order valence-corrected chi connectivity index (χ4v) is 5.28. The van der Waals surface area contributed by atoms with Crippen molar-refractivity contribution >= 4 is 0 Å². The van der Waals surface area contributed by atoms with Crippen LogP contribution in [-0.2, 0) is 19.4 Å². The molecule has 1 atom stereocenters. The van der Waals surface area contributed by atoms with Crippen LogP contribution in [0.4, 0.5) is 0 Å². The monoisotopic (exact) mass is 454 g/mol. The standard InChI is InChI=1S/C27H38N2O4/c1-28(17-22-12-20-14-25(31-3)27(33-5)16-23(20)22)9-7-11-29-10-6-8-19-13-24(30-2)26(32-4)15-21(19)18-29/h13-16,22H,6-12,17-18H2,1-5H3/t22-/m0/s1. The molecule has 1 aliphatic carbocycles. The van der Waals surface area contributed by atoms with Crippen molar-refractivity contribution in [3.8, 4) is 23.0 Å². The molecule has 0 bridgehead atoms. The Kier molecular flexibility index (Phi) is 7.66. The lowest BCUT2D eigenvalue weighted by Crippen LogP contribution is -2.33. The summed E-state index contributed by atoms with van der Waals surface area (Å²) in [7, 11) is 9.07. The molecule has 0 saturated heterocycles. The maximum Gasteiger partial charge on any atom is 0.161 e. The number of fused-ring (bicyclic) bond motifs is 2. The van der Waals surface area contributed by atoms with Gasteiger partial charge in [0.1, 0.15) is 0 Å². The van der Waals surface area contributed by atoms with Crippen LogP contribution in [0.3, 0.4) is 0 Å². The van der Waals surface area contributed by atoms with Crippen molar-refractivity contribution in [1.82, 2.24) is 9.80 Å². The van der Waals surface area contributed by atoms with Crippen LogP contribution in [0.1, 0.15) is 41.0 Å². The molecular formula is C27H38N2O4. The van der Waals surface area contributed by atoms with Gasteiger partial charge in [0.2, 0.25) is 0 Å². The number of hydrogen-bond acceptors (Lipinski definition) is 6. The summed E-state index contributed by atoms with van der Waals surface area (Å²) in [6.45, 7) is 5.43. The number of nitrogens with zero attached hydrogens (tertiary/aromatic N) is 2. The summed E-state index contributed by atoms with van der Waals surface area (Å²) in [5.74, 6) is 3.91. The number of ether oxygens (including phenoxy) is 4. The van der Waals surface area contributed by atoms with Gasteiger partial charge in [0.25, 0.3) is 0 Å². The maximum atomic E-state index is 5.53. The second-order valence-electron chi connectivity index (χ2n) is 9.28. The highest BCUT2D eigenvalue weighted by Gasteiger charge is 2.29. The Hall–Kier alpha value is -2.44. The average molecular weight is 455 g/mol. The summed E-state index contributed by atoms with van der Waals surface area (Å²) >= 11 is 0. The molecule has 0 saturated carbocycles. The van der Waals surface area contributed by atoms with Crippen molar-refractivity contribution in [3.05, 3.63) is 46.5 Å². The topological polar surface area (TPSA) is 43.4 Å². The van der Waals surface area contributed by atoms with Gasteiger partial charge in [-0.2, -0.15) is 0 Å². The summed E-state index contributed by atoms with van der Waals surface area (Å²) in [6, 6.07) is 8.61. The molecule has 33 heavy (non-hydrogen) atoms. The molecule has 1 aliphatic heterocycles. The van der Waals surface area contributed by atoms with Crippen molar-refractivity contribution in [2.75, 3.05) is 61.7 Å². The third kappa shape index (κ3) is 5.22. The van der Waals surface area contributed by atoms with Crippen LogP contribution in [0.15, 0.2) is 24.3 Å². The highest BCUT2D eigenvalue weighted by Crippen LogP contribution is 2.42. The van der Waals surface area contributed by atoms with E-state index in [1.807, 2.05) is 0 Å². The predicted molar refractivity (Wildman–Crippen MR) is 131 cm³/mol. The summed E-state index contributed by atoms with van der Waals surface area (Å²) in [5, 5.41) is 0. The first-order valence-electron chi connectivity index (χ1n) is 12.0. The minimum Gasteiger partial charge on any atom is -0.493 e. The second kappa shape index (κ2) is 10.7. The van der Waals surface area contributed by atoms with Crippen molar-refractivity contribution < 1.29 is 18.9 Å². The molecule has 0 N–H and O–H groups in total.